The number of hydrogen-bond donors (Lipinski definition) is 1. The van der Waals surface area contributed by atoms with Crippen LogP contribution in [-0.4, -0.2) is 56.4 Å². The summed E-state index contributed by atoms with van der Waals surface area (Å²) in [5.74, 6) is 0. The molecule has 0 atom stereocenters. The monoisotopic (exact) mass is 1150 g/mol. The van der Waals surface area contributed by atoms with Crippen molar-refractivity contribution < 1.29 is 61.2 Å². The average molecular weight is 1150 g/mol. The van der Waals surface area contributed by atoms with Gasteiger partial charge in [0.15, 0.2) is 0 Å². The third-order valence-corrected chi connectivity index (χ3v) is 12.8. The van der Waals surface area contributed by atoms with Gasteiger partial charge in [-0.05, 0) is 149 Å². The second kappa shape index (κ2) is 33.7. The number of aromatic nitrogens is 4. The number of halogens is 3. The largest absolute Gasteiger partial charge is 2.00 e. The summed E-state index contributed by atoms with van der Waals surface area (Å²) in [7, 11) is 0. The van der Waals surface area contributed by atoms with Crippen LogP contribution in [0.3, 0.4) is 0 Å². The molecule has 0 aliphatic carbocycles. The van der Waals surface area contributed by atoms with Crippen LogP contribution in [0.2, 0.25) is 0 Å². The first-order valence-electron chi connectivity index (χ1n) is 22.9. The van der Waals surface area contributed by atoms with Crippen molar-refractivity contribution in [3.63, 3.8) is 0 Å². The number of rotatable bonds is 25. The van der Waals surface area contributed by atoms with Crippen molar-refractivity contribution in [1.82, 2.24) is 19.9 Å². The molecule has 0 aromatic carbocycles. The van der Waals surface area contributed by atoms with Crippen molar-refractivity contribution in [2.24, 2.45) is 0 Å². The smallest absolute Gasteiger partial charge is 0.753 e. The van der Waals surface area contributed by atoms with Crippen LogP contribution in [-0.2, 0) is 60.9 Å². The zero-order chi connectivity index (χ0) is 52.9. The Labute approximate surface area is 454 Å². The van der Waals surface area contributed by atoms with E-state index in [1.54, 1.807) is 95.8 Å². The van der Waals surface area contributed by atoms with Crippen LogP contribution >= 0.6 is 34.9 Å². The number of carbonyl (C=O) groups is 3. The van der Waals surface area contributed by atoms with Gasteiger partial charge >= 0.3 is 25.7 Å². The molecule has 6 aromatic heterocycles. The number of thiocarbonyl (C=S) groups is 1. The molecular formula is C54H52F3N7O6RuS3. The Morgan fingerprint density at radius 1 is 0.703 bits per heavy atom. The van der Waals surface area contributed by atoms with E-state index in [9.17, 15) is 27.6 Å². The first-order valence-corrected chi connectivity index (χ1v) is 25.0. The summed E-state index contributed by atoms with van der Waals surface area (Å²) < 4.78 is 52.3. The van der Waals surface area contributed by atoms with Gasteiger partial charge in [-0.2, -0.15) is 18.3 Å². The number of ether oxygens (including phenoxy) is 3. The van der Waals surface area contributed by atoms with Gasteiger partial charge in [0, 0.05) is 38.9 Å². The number of unbranched alkanes of at least 4 members (excludes halogenated alkanes) is 6. The Hall–Kier alpha value is -6.95. The number of isothiocyanates is 1. The molecular weight excluding hydrogens is 1100 g/mol. The molecule has 6 aromatic rings. The predicted octanol–water partition coefficient (Wildman–Crippen LogP) is 15.1. The number of allylic oxidation sites excluding steroid dienone is 1. The summed E-state index contributed by atoms with van der Waals surface area (Å²) in [5.41, 5.74) is 14.1. The fourth-order valence-electron chi connectivity index (χ4n) is 6.96. The van der Waals surface area contributed by atoms with E-state index in [0.29, 0.717) is 53.8 Å². The molecule has 0 amide bonds. The zero-order valence-electron chi connectivity index (χ0n) is 40.3. The number of pyridine rings is 4. The maximum absolute atomic E-state index is 12.8. The van der Waals surface area contributed by atoms with Gasteiger partial charge in [0.05, 0.1) is 41.6 Å². The van der Waals surface area contributed by atoms with Gasteiger partial charge < -0.3 is 25.4 Å². The van der Waals surface area contributed by atoms with E-state index in [1.165, 1.54) is 83.1 Å². The van der Waals surface area contributed by atoms with Crippen molar-refractivity contribution in [1.29, 1.82) is 5.41 Å². The normalized spacial score (nSPS) is 11.2. The van der Waals surface area contributed by atoms with Crippen LogP contribution in [0.4, 0.5) is 13.2 Å². The number of hydrogen-bond acceptors (Lipinski definition) is 14. The molecule has 0 spiro atoms. The molecule has 20 heteroatoms. The van der Waals surface area contributed by atoms with Crippen molar-refractivity contribution in [2.45, 2.75) is 84.2 Å². The maximum atomic E-state index is 12.8. The Morgan fingerprint density at radius 3 is 1.72 bits per heavy atom. The van der Waals surface area contributed by atoms with E-state index in [-0.39, 0.29) is 25.2 Å². The molecule has 0 aliphatic rings. The van der Waals surface area contributed by atoms with Crippen LogP contribution in [0.5, 0.6) is 0 Å². The van der Waals surface area contributed by atoms with Crippen molar-refractivity contribution in [2.75, 3.05) is 0 Å². The molecule has 6 rings (SSSR count). The van der Waals surface area contributed by atoms with Crippen LogP contribution in [0.25, 0.3) is 78.0 Å². The van der Waals surface area contributed by atoms with Gasteiger partial charge in [-0.15, -0.1) is 28.4 Å². The fourth-order valence-corrected chi connectivity index (χ4v) is 9.28. The molecule has 13 nitrogen and oxygen atoms in total. The molecule has 2 N–H and O–H groups in total. The minimum Gasteiger partial charge on any atom is -0.753 e. The first kappa shape index (κ1) is 61.4. The number of carbonyl (C=O) groups excluding carboxylic acids is 3. The Balaban J connectivity index is 0.000000368. The number of nitrogens with one attached hydrogen (secondary N) is 2. The molecule has 0 saturated heterocycles. The fraction of sp³-hybridized carbons (Fsp3) is 0.241. The van der Waals surface area contributed by atoms with Gasteiger partial charge in [-0.1, -0.05) is 64.6 Å². The van der Waals surface area contributed by atoms with Crippen LogP contribution in [0.1, 0.15) is 98.7 Å². The van der Waals surface area contributed by atoms with Gasteiger partial charge in [0.2, 0.25) is 0 Å². The summed E-state index contributed by atoms with van der Waals surface area (Å²) in [6.45, 7) is 5.37. The summed E-state index contributed by atoms with van der Waals surface area (Å²) in [4.78, 5) is 52.3. The predicted molar refractivity (Wildman–Crippen MR) is 288 cm³/mol. The summed E-state index contributed by atoms with van der Waals surface area (Å²) in [5, 5.41) is 17.8. The maximum Gasteiger partial charge on any atom is 2.00 e. The van der Waals surface area contributed by atoms with Crippen molar-refractivity contribution in [3.05, 3.63) is 154 Å². The standard InChI is InChI=1S/C29H35F3N3S2.C24H17N3O6.CNS.Ru/c1-3-5-7-9-11-20-14-16-36-28(20)25-18-21(12-10-8-6-4-2)27(37-25)22-13-15-35-24(17-22)23(33)19-26(34)29(30,31)32;28-15-31-8-3-18-1-6-25-21(11-18)23-13-20(5-10-33-17-30)14-24(27-23)22-12-19(2-7-26-22)4-9-32-16-29;2-1-3;/h13-19,33-34H,3-12H2,1-2H3;1-17H;;/q-1;;-1;+2/b23-19-,34-26?;8-3+,9-4+,10-5+;;. The van der Waals surface area contributed by atoms with E-state index in [0.717, 1.165) is 53.7 Å². The number of aryl methyl sites for hydroxylation is 2. The number of alkyl halides is 3. The second-order valence-electron chi connectivity index (χ2n) is 15.6. The van der Waals surface area contributed by atoms with E-state index >= 15 is 0 Å². The third-order valence-electron chi connectivity index (χ3n) is 10.4. The molecule has 0 unspecified atom stereocenters. The molecule has 6 heterocycles. The van der Waals surface area contributed by atoms with Crippen molar-refractivity contribution >= 4 is 89.1 Å². The second-order valence-corrected chi connectivity index (χ2v) is 17.7. The van der Waals surface area contributed by atoms with Crippen molar-refractivity contribution in [3.8, 4) is 43.0 Å². The van der Waals surface area contributed by atoms with Crippen LogP contribution < -0.4 is 0 Å². The molecule has 0 radical (unpaired) electrons. The molecule has 0 saturated carbocycles. The van der Waals surface area contributed by atoms with Gasteiger partial charge in [-0.3, -0.25) is 34.7 Å². The van der Waals surface area contributed by atoms with E-state index in [4.69, 9.17) is 16.6 Å². The zero-order valence-corrected chi connectivity index (χ0v) is 44.5. The van der Waals surface area contributed by atoms with Gasteiger partial charge in [-0.25, -0.2) is 4.98 Å². The summed E-state index contributed by atoms with van der Waals surface area (Å²) in [6, 6.07) is 18.6. The number of thiophene rings is 2. The third kappa shape index (κ3) is 20.5. The van der Waals surface area contributed by atoms with E-state index in [2.05, 4.69) is 77.7 Å². The molecule has 74 heavy (non-hydrogen) atoms. The Morgan fingerprint density at radius 2 is 1.20 bits per heavy atom. The van der Waals surface area contributed by atoms with Crippen LogP contribution in [0, 0.1) is 5.41 Å². The van der Waals surface area contributed by atoms with E-state index < -0.39 is 17.6 Å². The SMILES string of the molecule is CCCCCCc1cc(-c2sccc2CCCCCC)sc1-c1ccnc(/C([NH-])=C/C(=N)C(F)(F)F)c1.O=CO/C=C/c1ccnc(-c2cc(/C=C/OC=O)cc(-c3cc(/C=C/OC=O)ccn3)n2)c1.[N-]=C=S.[Ru+2]. The molecule has 0 bridgehead atoms. The van der Waals surface area contributed by atoms with E-state index in [1.807, 2.05) is 6.07 Å². The first-order chi connectivity index (χ1) is 35.4. The average Bonchev–Trinajstić information content (AvgIpc) is 4.04. The van der Waals surface area contributed by atoms with Gasteiger partial charge in [0.25, 0.3) is 19.4 Å². The molecule has 0 aliphatic heterocycles. The van der Waals surface area contributed by atoms with Crippen LogP contribution in [0.15, 0.2) is 109 Å². The quantitative estimate of drug-likeness (QED) is 0.0109. The number of nitrogens with zero attached hydrogens (tertiary/aromatic N) is 5. The summed E-state index contributed by atoms with van der Waals surface area (Å²) in [6.07, 6.45) is 20.6. The van der Waals surface area contributed by atoms with Gasteiger partial charge in [0.1, 0.15) is 5.71 Å². The Kier molecular flexibility index (Phi) is 28.0. The minimum absolute atomic E-state index is 0. The minimum atomic E-state index is -4.78. The molecule has 0 fully saturated rings. The summed E-state index contributed by atoms with van der Waals surface area (Å²) >= 11 is 7.17. The molecule has 386 valence electrons. The Bertz CT molecular complexity index is 2830. The topological polar surface area (TPSA) is 200 Å².